The number of anilines is 1. The SMILES string of the molecule is Cc1c(Oc2cc(Cl)nc(N)n2)cccc1[N+](=O)[O-]. The van der Waals surface area contributed by atoms with Crippen LogP contribution >= 0.6 is 11.6 Å². The topological polar surface area (TPSA) is 104 Å². The first-order valence-corrected chi connectivity index (χ1v) is 5.57. The van der Waals surface area contributed by atoms with Gasteiger partial charge in [0.25, 0.3) is 5.69 Å². The Hall–Kier alpha value is -2.41. The number of nitrogens with two attached hydrogens (primary N) is 1. The van der Waals surface area contributed by atoms with Crippen LogP contribution in [0.15, 0.2) is 24.3 Å². The molecule has 0 saturated heterocycles. The van der Waals surface area contributed by atoms with Gasteiger partial charge in [-0.2, -0.15) is 4.98 Å². The second-order valence-corrected chi connectivity index (χ2v) is 4.03. The molecule has 1 heterocycles. The summed E-state index contributed by atoms with van der Waals surface area (Å²) in [5.74, 6) is 0.398. The van der Waals surface area contributed by atoms with Crippen LogP contribution < -0.4 is 10.5 Å². The molecule has 0 atom stereocenters. The summed E-state index contributed by atoms with van der Waals surface area (Å²) in [6.45, 7) is 1.58. The van der Waals surface area contributed by atoms with Gasteiger partial charge in [0.1, 0.15) is 10.9 Å². The number of nitrogen functional groups attached to an aromatic ring is 1. The largest absolute Gasteiger partial charge is 0.438 e. The van der Waals surface area contributed by atoms with Gasteiger partial charge in [-0.1, -0.05) is 17.7 Å². The molecule has 19 heavy (non-hydrogen) atoms. The monoisotopic (exact) mass is 280 g/mol. The fourth-order valence-electron chi connectivity index (χ4n) is 1.49. The van der Waals surface area contributed by atoms with Crippen LogP contribution in [0, 0.1) is 17.0 Å². The summed E-state index contributed by atoms with van der Waals surface area (Å²) in [6.07, 6.45) is 0. The van der Waals surface area contributed by atoms with Gasteiger partial charge in [0, 0.05) is 12.1 Å². The highest BCUT2D eigenvalue weighted by atomic mass is 35.5. The van der Waals surface area contributed by atoms with Crippen LogP contribution in [0.2, 0.25) is 5.15 Å². The van der Waals surface area contributed by atoms with Crippen molar-refractivity contribution in [3.63, 3.8) is 0 Å². The number of benzene rings is 1. The molecule has 0 aliphatic heterocycles. The standard InChI is InChI=1S/C11H9ClN4O3/c1-6-7(16(17)18)3-2-4-8(6)19-10-5-9(12)14-11(13)15-10/h2-5H,1H3,(H2,13,14,15). The van der Waals surface area contributed by atoms with Crippen molar-refractivity contribution >= 4 is 23.2 Å². The number of nitrogens with zero attached hydrogens (tertiary/aromatic N) is 3. The number of hydrogen-bond donors (Lipinski definition) is 1. The highest BCUT2D eigenvalue weighted by Crippen LogP contribution is 2.30. The predicted molar refractivity (Wildman–Crippen MR) is 69.4 cm³/mol. The molecule has 0 aliphatic rings. The molecule has 0 bridgehead atoms. The Balaban J connectivity index is 2.38. The second-order valence-electron chi connectivity index (χ2n) is 3.65. The van der Waals surface area contributed by atoms with E-state index in [-0.39, 0.29) is 22.7 Å². The van der Waals surface area contributed by atoms with E-state index in [9.17, 15) is 10.1 Å². The predicted octanol–water partition coefficient (Wildman–Crippen LogP) is 2.72. The fraction of sp³-hybridized carbons (Fsp3) is 0.0909. The normalized spacial score (nSPS) is 10.2. The first kappa shape index (κ1) is 13.0. The van der Waals surface area contributed by atoms with Gasteiger partial charge in [0.05, 0.1) is 10.5 Å². The molecule has 1 aromatic heterocycles. The van der Waals surface area contributed by atoms with Gasteiger partial charge in [0.2, 0.25) is 11.8 Å². The number of ether oxygens (including phenoxy) is 1. The zero-order valence-electron chi connectivity index (χ0n) is 9.83. The van der Waals surface area contributed by atoms with Crippen LogP contribution in [-0.2, 0) is 0 Å². The van der Waals surface area contributed by atoms with Crippen molar-refractivity contribution < 1.29 is 9.66 Å². The average Bonchev–Trinajstić information content (AvgIpc) is 2.30. The number of nitro groups is 1. The van der Waals surface area contributed by atoms with Gasteiger partial charge in [-0.05, 0) is 13.0 Å². The van der Waals surface area contributed by atoms with Crippen LogP contribution in [0.25, 0.3) is 0 Å². The van der Waals surface area contributed by atoms with Crippen molar-refractivity contribution in [1.82, 2.24) is 9.97 Å². The molecule has 0 unspecified atom stereocenters. The number of rotatable bonds is 3. The lowest BCUT2D eigenvalue weighted by Gasteiger charge is -2.08. The minimum absolute atomic E-state index is 0.0365. The first-order chi connectivity index (χ1) is 8.97. The molecule has 2 aromatic rings. The lowest BCUT2D eigenvalue weighted by Crippen LogP contribution is -1.99. The zero-order chi connectivity index (χ0) is 14.0. The van der Waals surface area contributed by atoms with E-state index in [0.717, 1.165) is 0 Å². The van der Waals surface area contributed by atoms with Gasteiger partial charge in [0.15, 0.2) is 0 Å². The quantitative estimate of drug-likeness (QED) is 0.526. The van der Waals surface area contributed by atoms with Crippen LogP contribution in [0.4, 0.5) is 11.6 Å². The zero-order valence-corrected chi connectivity index (χ0v) is 10.6. The van der Waals surface area contributed by atoms with E-state index in [4.69, 9.17) is 22.1 Å². The molecular weight excluding hydrogens is 272 g/mol. The number of hydrogen-bond acceptors (Lipinski definition) is 6. The van der Waals surface area contributed by atoms with Gasteiger partial charge in [-0.3, -0.25) is 10.1 Å². The van der Waals surface area contributed by atoms with E-state index in [2.05, 4.69) is 9.97 Å². The second kappa shape index (κ2) is 5.07. The highest BCUT2D eigenvalue weighted by Gasteiger charge is 2.15. The highest BCUT2D eigenvalue weighted by molar-refractivity contribution is 6.29. The molecule has 7 nitrogen and oxygen atoms in total. The van der Waals surface area contributed by atoms with E-state index < -0.39 is 4.92 Å². The summed E-state index contributed by atoms with van der Waals surface area (Å²) in [6, 6.07) is 5.88. The van der Waals surface area contributed by atoms with Gasteiger partial charge in [-0.15, -0.1) is 0 Å². The molecule has 0 saturated carbocycles. The summed E-state index contributed by atoms with van der Waals surface area (Å²) in [7, 11) is 0. The lowest BCUT2D eigenvalue weighted by atomic mass is 10.2. The summed E-state index contributed by atoms with van der Waals surface area (Å²) in [5.41, 5.74) is 5.79. The smallest absolute Gasteiger partial charge is 0.276 e. The van der Waals surface area contributed by atoms with E-state index in [0.29, 0.717) is 11.3 Å². The molecule has 0 radical (unpaired) electrons. The average molecular weight is 281 g/mol. The molecule has 0 amide bonds. The molecule has 0 aliphatic carbocycles. The molecule has 98 valence electrons. The first-order valence-electron chi connectivity index (χ1n) is 5.19. The van der Waals surface area contributed by atoms with E-state index in [1.165, 1.54) is 18.2 Å². The third-order valence-electron chi connectivity index (χ3n) is 2.36. The Morgan fingerprint density at radius 2 is 2.16 bits per heavy atom. The van der Waals surface area contributed by atoms with E-state index in [1.54, 1.807) is 13.0 Å². The summed E-state index contributed by atoms with van der Waals surface area (Å²) >= 11 is 5.72. The minimum Gasteiger partial charge on any atom is -0.438 e. The van der Waals surface area contributed by atoms with Crippen LogP contribution in [0.5, 0.6) is 11.6 Å². The number of halogens is 1. The molecule has 0 fully saturated rings. The van der Waals surface area contributed by atoms with Gasteiger partial charge in [-0.25, -0.2) is 4.98 Å². The maximum absolute atomic E-state index is 10.8. The summed E-state index contributed by atoms with van der Waals surface area (Å²) in [5, 5.41) is 10.9. The maximum atomic E-state index is 10.8. The Morgan fingerprint density at radius 3 is 2.79 bits per heavy atom. The van der Waals surface area contributed by atoms with Gasteiger partial charge < -0.3 is 10.5 Å². The van der Waals surface area contributed by atoms with E-state index >= 15 is 0 Å². The van der Waals surface area contributed by atoms with Crippen molar-refractivity contribution in [1.29, 1.82) is 0 Å². The van der Waals surface area contributed by atoms with Crippen molar-refractivity contribution in [2.24, 2.45) is 0 Å². The van der Waals surface area contributed by atoms with Gasteiger partial charge >= 0.3 is 0 Å². The van der Waals surface area contributed by atoms with Crippen molar-refractivity contribution in [3.8, 4) is 11.6 Å². The number of aromatic nitrogens is 2. The Kier molecular flexibility index (Phi) is 3.48. The fourth-order valence-corrected chi connectivity index (χ4v) is 1.67. The molecule has 0 spiro atoms. The minimum atomic E-state index is -0.483. The van der Waals surface area contributed by atoms with Crippen molar-refractivity contribution in [3.05, 3.63) is 45.1 Å². The lowest BCUT2D eigenvalue weighted by molar-refractivity contribution is -0.385. The molecule has 8 heteroatoms. The molecule has 2 N–H and O–H groups in total. The Labute approximate surface area is 113 Å². The summed E-state index contributed by atoms with van der Waals surface area (Å²) in [4.78, 5) is 17.9. The Bertz CT molecular complexity index is 628. The molecule has 2 rings (SSSR count). The van der Waals surface area contributed by atoms with Crippen molar-refractivity contribution in [2.75, 3.05) is 5.73 Å². The summed E-state index contributed by atoms with van der Waals surface area (Å²) < 4.78 is 5.44. The molecular formula is C11H9ClN4O3. The van der Waals surface area contributed by atoms with E-state index in [1.807, 2.05) is 0 Å². The molecule has 1 aromatic carbocycles. The Morgan fingerprint density at radius 1 is 1.42 bits per heavy atom. The number of nitro benzene ring substituents is 1. The third kappa shape index (κ3) is 2.89. The maximum Gasteiger partial charge on any atom is 0.276 e. The van der Waals surface area contributed by atoms with Crippen LogP contribution in [0.3, 0.4) is 0 Å². The van der Waals surface area contributed by atoms with Crippen molar-refractivity contribution in [2.45, 2.75) is 6.92 Å². The van der Waals surface area contributed by atoms with Crippen LogP contribution in [-0.4, -0.2) is 14.9 Å². The third-order valence-corrected chi connectivity index (χ3v) is 2.55. The van der Waals surface area contributed by atoms with Crippen LogP contribution in [0.1, 0.15) is 5.56 Å².